The van der Waals surface area contributed by atoms with E-state index in [1.54, 1.807) is 0 Å². The number of carbonyl (C=O) groups excluding carboxylic acids is 1. The van der Waals surface area contributed by atoms with Crippen LogP contribution in [0.4, 0.5) is 0 Å². The quantitative estimate of drug-likeness (QED) is 0.643. The lowest BCUT2D eigenvalue weighted by Gasteiger charge is -2.30. The van der Waals surface area contributed by atoms with Gasteiger partial charge in [0.2, 0.25) is 5.91 Å². The molecule has 0 bridgehead atoms. The van der Waals surface area contributed by atoms with Gasteiger partial charge in [0.15, 0.2) is 0 Å². The van der Waals surface area contributed by atoms with E-state index in [2.05, 4.69) is 55.8 Å². The van der Waals surface area contributed by atoms with E-state index in [0.717, 1.165) is 48.5 Å². The molecule has 0 radical (unpaired) electrons. The van der Waals surface area contributed by atoms with E-state index in [0.29, 0.717) is 13.0 Å². The normalized spacial score (nSPS) is 16.3. The van der Waals surface area contributed by atoms with Gasteiger partial charge in [0.1, 0.15) is 5.75 Å². The van der Waals surface area contributed by atoms with Crippen LogP contribution >= 0.6 is 15.9 Å². The van der Waals surface area contributed by atoms with Gasteiger partial charge in [-0.1, -0.05) is 33.8 Å². The van der Waals surface area contributed by atoms with Gasteiger partial charge >= 0.3 is 0 Å². The Morgan fingerprint density at radius 3 is 2.54 bits per heavy atom. The zero-order valence-electron chi connectivity index (χ0n) is 15.4. The molecule has 1 saturated heterocycles. The minimum absolute atomic E-state index is 0.124. The predicted molar refractivity (Wildman–Crippen MR) is 103 cm³/mol. The van der Waals surface area contributed by atoms with Gasteiger partial charge in [-0.15, -0.1) is 0 Å². The minimum Gasteiger partial charge on any atom is -0.492 e. The van der Waals surface area contributed by atoms with Crippen molar-refractivity contribution in [1.29, 1.82) is 0 Å². The third kappa shape index (κ3) is 5.51. The first kappa shape index (κ1) is 19.3. The number of nitrogens with zero attached hydrogens (tertiary/aromatic N) is 1. The Morgan fingerprint density at radius 2 is 1.96 bits per heavy atom. The number of rotatable bonds is 5. The Morgan fingerprint density at radius 1 is 1.29 bits per heavy atom. The Labute approximate surface area is 154 Å². The van der Waals surface area contributed by atoms with Gasteiger partial charge in [0.25, 0.3) is 0 Å². The van der Waals surface area contributed by atoms with Gasteiger partial charge in [-0.05, 0) is 64.2 Å². The molecule has 1 aliphatic heterocycles. The highest BCUT2D eigenvalue weighted by atomic mass is 79.9. The second-order valence-electron chi connectivity index (χ2n) is 7.91. The number of benzene rings is 1. The average molecular weight is 396 g/mol. The second-order valence-corrected chi connectivity index (χ2v) is 8.76. The summed E-state index contributed by atoms with van der Waals surface area (Å²) < 4.78 is 6.82. The van der Waals surface area contributed by atoms with Gasteiger partial charge in [0, 0.05) is 19.5 Å². The van der Waals surface area contributed by atoms with E-state index in [-0.39, 0.29) is 11.3 Å². The molecule has 1 fully saturated rings. The van der Waals surface area contributed by atoms with Crippen molar-refractivity contribution < 1.29 is 9.53 Å². The number of amides is 1. The fourth-order valence-electron chi connectivity index (χ4n) is 2.91. The fraction of sp³-hybridized carbons (Fsp3) is 0.650. The van der Waals surface area contributed by atoms with Crippen LogP contribution in [0, 0.1) is 5.92 Å². The lowest BCUT2D eigenvalue weighted by atomic mass is 9.87. The van der Waals surface area contributed by atoms with E-state index in [1.165, 1.54) is 5.56 Å². The zero-order valence-corrected chi connectivity index (χ0v) is 17.0. The van der Waals surface area contributed by atoms with Crippen molar-refractivity contribution in [2.75, 3.05) is 19.7 Å². The highest BCUT2D eigenvalue weighted by Gasteiger charge is 2.20. The molecular formula is C20H30BrNO2. The van der Waals surface area contributed by atoms with Crippen LogP contribution in [0.1, 0.15) is 58.9 Å². The number of hydrogen-bond donors (Lipinski definition) is 0. The van der Waals surface area contributed by atoms with E-state index in [4.69, 9.17) is 4.74 Å². The molecule has 1 aliphatic rings. The number of likely N-dealkylation sites (tertiary alicyclic amines) is 1. The van der Waals surface area contributed by atoms with Crippen LogP contribution in [0.2, 0.25) is 0 Å². The maximum absolute atomic E-state index is 12.2. The summed E-state index contributed by atoms with van der Waals surface area (Å²) in [6.45, 7) is 11.3. The lowest BCUT2D eigenvalue weighted by Crippen LogP contribution is -2.37. The SMILES string of the molecule is CC1CCN(C(=O)CCCOc2ccc(C(C)(C)C)cc2Br)CC1. The summed E-state index contributed by atoms with van der Waals surface area (Å²) in [7, 11) is 0. The largest absolute Gasteiger partial charge is 0.492 e. The fourth-order valence-corrected chi connectivity index (χ4v) is 3.40. The van der Waals surface area contributed by atoms with Crippen molar-refractivity contribution in [2.45, 2.75) is 58.8 Å². The van der Waals surface area contributed by atoms with Crippen molar-refractivity contribution >= 4 is 21.8 Å². The van der Waals surface area contributed by atoms with Crippen molar-refractivity contribution in [3.8, 4) is 5.75 Å². The van der Waals surface area contributed by atoms with E-state index in [1.807, 2.05) is 11.0 Å². The number of hydrogen-bond acceptors (Lipinski definition) is 2. The molecule has 2 rings (SSSR count). The topological polar surface area (TPSA) is 29.5 Å². The molecule has 0 spiro atoms. The molecule has 1 aromatic carbocycles. The summed E-state index contributed by atoms with van der Waals surface area (Å²) in [4.78, 5) is 14.2. The molecule has 3 nitrogen and oxygen atoms in total. The average Bonchev–Trinajstić information content (AvgIpc) is 2.52. The van der Waals surface area contributed by atoms with Crippen LogP contribution in [0.3, 0.4) is 0 Å². The lowest BCUT2D eigenvalue weighted by molar-refractivity contribution is -0.132. The summed E-state index contributed by atoms with van der Waals surface area (Å²) in [5, 5.41) is 0. The molecule has 0 N–H and O–H groups in total. The highest BCUT2D eigenvalue weighted by molar-refractivity contribution is 9.10. The molecule has 24 heavy (non-hydrogen) atoms. The van der Waals surface area contributed by atoms with Crippen LogP contribution in [-0.4, -0.2) is 30.5 Å². The first-order valence-corrected chi connectivity index (χ1v) is 9.77. The van der Waals surface area contributed by atoms with E-state index < -0.39 is 0 Å². The standard InChI is InChI=1S/C20H30BrNO2/c1-15-9-11-22(12-10-15)19(23)6-5-13-24-18-8-7-16(14-17(18)21)20(2,3)4/h7-8,14-15H,5-6,9-13H2,1-4H3. The predicted octanol–water partition coefficient (Wildman–Crippen LogP) is 5.16. The number of piperidine rings is 1. The van der Waals surface area contributed by atoms with Gasteiger partial charge in [-0.3, -0.25) is 4.79 Å². The molecule has 1 amide bonds. The smallest absolute Gasteiger partial charge is 0.222 e. The van der Waals surface area contributed by atoms with Gasteiger partial charge in [-0.2, -0.15) is 0 Å². The van der Waals surface area contributed by atoms with Crippen molar-refractivity contribution in [2.24, 2.45) is 5.92 Å². The summed E-state index contributed by atoms with van der Waals surface area (Å²) >= 11 is 3.59. The van der Waals surface area contributed by atoms with Crippen molar-refractivity contribution in [3.05, 3.63) is 28.2 Å². The molecule has 0 unspecified atom stereocenters. The highest BCUT2D eigenvalue weighted by Crippen LogP contribution is 2.31. The van der Waals surface area contributed by atoms with Gasteiger partial charge < -0.3 is 9.64 Å². The summed E-state index contributed by atoms with van der Waals surface area (Å²) in [6, 6.07) is 6.24. The number of halogens is 1. The number of carbonyl (C=O) groups is 1. The Bertz CT molecular complexity index is 557. The van der Waals surface area contributed by atoms with Crippen LogP contribution in [0.15, 0.2) is 22.7 Å². The first-order chi connectivity index (χ1) is 11.3. The van der Waals surface area contributed by atoms with E-state index in [9.17, 15) is 4.79 Å². The first-order valence-electron chi connectivity index (χ1n) is 8.98. The van der Waals surface area contributed by atoms with Gasteiger partial charge in [0.05, 0.1) is 11.1 Å². The molecule has 0 atom stereocenters. The van der Waals surface area contributed by atoms with Crippen molar-refractivity contribution in [1.82, 2.24) is 4.90 Å². The van der Waals surface area contributed by atoms with Crippen LogP contribution in [0.25, 0.3) is 0 Å². The molecule has 0 aromatic heterocycles. The molecule has 1 heterocycles. The van der Waals surface area contributed by atoms with Crippen LogP contribution in [-0.2, 0) is 10.2 Å². The van der Waals surface area contributed by atoms with E-state index >= 15 is 0 Å². The Balaban J connectivity index is 1.75. The van der Waals surface area contributed by atoms with Crippen LogP contribution in [0.5, 0.6) is 5.75 Å². The summed E-state index contributed by atoms with van der Waals surface area (Å²) in [5.41, 5.74) is 1.40. The van der Waals surface area contributed by atoms with Crippen molar-refractivity contribution in [3.63, 3.8) is 0 Å². The third-order valence-corrected chi connectivity index (χ3v) is 5.35. The van der Waals surface area contributed by atoms with Gasteiger partial charge in [-0.25, -0.2) is 0 Å². The second kappa shape index (κ2) is 8.37. The molecular weight excluding hydrogens is 366 g/mol. The molecule has 4 heteroatoms. The van der Waals surface area contributed by atoms with Crippen LogP contribution < -0.4 is 4.74 Å². The number of ether oxygens (including phenoxy) is 1. The zero-order chi connectivity index (χ0) is 17.7. The monoisotopic (exact) mass is 395 g/mol. The third-order valence-electron chi connectivity index (χ3n) is 4.73. The molecule has 134 valence electrons. The Hall–Kier alpha value is -1.03. The molecule has 0 saturated carbocycles. The maximum atomic E-state index is 12.2. The maximum Gasteiger partial charge on any atom is 0.222 e. The summed E-state index contributed by atoms with van der Waals surface area (Å²) in [6.07, 6.45) is 3.61. The Kier molecular flexibility index (Phi) is 6.73. The molecule has 0 aliphatic carbocycles. The molecule has 1 aromatic rings. The minimum atomic E-state index is 0.124. The summed E-state index contributed by atoms with van der Waals surface area (Å²) in [5.74, 6) is 1.88.